The molecule has 8 heteroatoms. The summed E-state index contributed by atoms with van der Waals surface area (Å²) in [5.41, 5.74) is 1.20. The maximum Gasteiger partial charge on any atom is 0.324 e. The van der Waals surface area contributed by atoms with Gasteiger partial charge in [0.2, 0.25) is 5.82 Å². The summed E-state index contributed by atoms with van der Waals surface area (Å²) in [5.74, 6) is 0.211. The van der Waals surface area contributed by atoms with Crippen molar-refractivity contribution in [2.75, 3.05) is 18.0 Å². The van der Waals surface area contributed by atoms with Crippen molar-refractivity contribution in [3.63, 3.8) is 0 Å². The maximum atomic E-state index is 12.2. The zero-order valence-electron chi connectivity index (χ0n) is 14.5. The minimum atomic E-state index is -0.751. The Balaban J connectivity index is 1.39. The van der Waals surface area contributed by atoms with Crippen molar-refractivity contribution in [2.24, 2.45) is 0 Å². The highest BCUT2D eigenvalue weighted by Crippen LogP contribution is 2.22. The number of piperidine rings is 1. The number of anilines is 1. The van der Waals surface area contributed by atoms with Gasteiger partial charge < -0.3 is 19.8 Å². The molecule has 2 aromatic heterocycles. The van der Waals surface area contributed by atoms with Crippen LogP contribution in [0.2, 0.25) is 0 Å². The number of aromatic nitrogens is 3. The Kier molecular flexibility index (Phi) is 4.80. The molecule has 0 bridgehead atoms. The molecular weight excluding hydrogens is 346 g/mol. The second-order valence-electron chi connectivity index (χ2n) is 6.36. The van der Waals surface area contributed by atoms with E-state index in [4.69, 9.17) is 4.52 Å². The lowest BCUT2D eigenvalue weighted by Gasteiger charge is -2.35. The van der Waals surface area contributed by atoms with Gasteiger partial charge in [0.05, 0.1) is 18.7 Å². The molecule has 1 aliphatic heterocycles. The van der Waals surface area contributed by atoms with Crippen LogP contribution in [0.5, 0.6) is 0 Å². The van der Waals surface area contributed by atoms with Gasteiger partial charge >= 0.3 is 6.01 Å². The number of hydrogen-bond acceptors (Lipinski definition) is 7. The number of nitrogens with one attached hydrogen (secondary N) is 1. The normalized spacial score (nSPS) is 19.7. The number of amides is 1. The van der Waals surface area contributed by atoms with E-state index >= 15 is 0 Å². The number of benzene rings is 1. The molecule has 0 saturated carbocycles. The fourth-order valence-corrected chi connectivity index (χ4v) is 3.06. The molecule has 1 saturated heterocycles. The van der Waals surface area contributed by atoms with E-state index in [0.29, 0.717) is 37.0 Å². The van der Waals surface area contributed by atoms with Crippen molar-refractivity contribution in [1.82, 2.24) is 20.4 Å². The van der Waals surface area contributed by atoms with Crippen LogP contribution in [0.1, 0.15) is 16.9 Å². The summed E-state index contributed by atoms with van der Waals surface area (Å²) in [4.78, 5) is 22.5. The van der Waals surface area contributed by atoms with Crippen molar-refractivity contribution >= 4 is 11.9 Å². The molecular formula is C19H19N5O3. The lowest BCUT2D eigenvalue weighted by atomic mass is 10.0. The van der Waals surface area contributed by atoms with E-state index in [1.807, 2.05) is 35.2 Å². The first kappa shape index (κ1) is 17.2. The molecule has 0 unspecified atom stereocenters. The van der Waals surface area contributed by atoms with Gasteiger partial charge in [-0.3, -0.25) is 9.78 Å². The van der Waals surface area contributed by atoms with Crippen molar-refractivity contribution < 1.29 is 14.4 Å². The van der Waals surface area contributed by atoms with Crippen molar-refractivity contribution in [3.05, 3.63) is 60.4 Å². The fourth-order valence-electron chi connectivity index (χ4n) is 3.06. The second kappa shape index (κ2) is 7.55. The van der Waals surface area contributed by atoms with Crippen LogP contribution in [0.15, 0.2) is 59.3 Å². The minimum Gasteiger partial charge on any atom is -0.389 e. The average Bonchev–Trinajstić information content (AvgIpc) is 3.21. The fraction of sp³-hybridized carbons (Fsp3) is 0.263. The van der Waals surface area contributed by atoms with E-state index in [2.05, 4.69) is 20.4 Å². The molecule has 2 N–H and O–H groups in total. The predicted molar refractivity (Wildman–Crippen MR) is 98.1 cm³/mol. The van der Waals surface area contributed by atoms with Crippen molar-refractivity contribution in [3.8, 4) is 11.4 Å². The largest absolute Gasteiger partial charge is 0.389 e. The smallest absolute Gasteiger partial charge is 0.324 e. The van der Waals surface area contributed by atoms with Gasteiger partial charge in [-0.15, -0.1) is 0 Å². The predicted octanol–water partition coefficient (Wildman–Crippen LogP) is 1.50. The van der Waals surface area contributed by atoms with E-state index in [-0.39, 0.29) is 11.9 Å². The summed E-state index contributed by atoms with van der Waals surface area (Å²) in [6.45, 7) is 0.879. The lowest BCUT2D eigenvalue weighted by Crippen LogP contribution is -2.54. The quantitative estimate of drug-likeness (QED) is 0.722. The number of aliphatic hydroxyl groups is 1. The van der Waals surface area contributed by atoms with Crippen LogP contribution in [0, 0.1) is 0 Å². The van der Waals surface area contributed by atoms with Gasteiger partial charge in [0.25, 0.3) is 5.91 Å². The molecule has 0 spiro atoms. The third-order valence-corrected chi connectivity index (χ3v) is 4.51. The van der Waals surface area contributed by atoms with Crippen LogP contribution < -0.4 is 10.2 Å². The molecule has 8 nitrogen and oxygen atoms in total. The van der Waals surface area contributed by atoms with Crippen LogP contribution in [-0.4, -0.2) is 51.4 Å². The summed E-state index contributed by atoms with van der Waals surface area (Å²) in [6, 6.07) is 14.7. The van der Waals surface area contributed by atoms with Gasteiger partial charge in [-0.1, -0.05) is 41.6 Å². The number of hydrogen-bond donors (Lipinski definition) is 2. The number of carbonyl (C=O) groups excluding carboxylic acids is 1. The van der Waals surface area contributed by atoms with E-state index in [1.165, 1.54) is 0 Å². The number of β-amino-alcohol motifs (C(OH)–C–C–N with tert-alkyl or cyclic N) is 1. The van der Waals surface area contributed by atoms with E-state index in [1.54, 1.807) is 24.4 Å². The van der Waals surface area contributed by atoms with Crippen LogP contribution in [0.25, 0.3) is 11.4 Å². The number of rotatable bonds is 4. The first-order valence-electron chi connectivity index (χ1n) is 8.75. The Morgan fingerprint density at radius 3 is 2.74 bits per heavy atom. The molecule has 138 valence electrons. The van der Waals surface area contributed by atoms with Gasteiger partial charge in [0, 0.05) is 18.3 Å². The summed E-state index contributed by atoms with van der Waals surface area (Å²) in [7, 11) is 0. The highest BCUT2D eigenvalue weighted by Gasteiger charge is 2.31. The molecule has 3 aromatic rings. The summed E-state index contributed by atoms with van der Waals surface area (Å²) >= 11 is 0. The number of aliphatic hydroxyl groups excluding tert-OH is 1. The zero-order valence-corrected chi connectivity index (χ0v) is 14.5. The van der Waals surface area contributed by atoms with Gasteiger partial charge in [0.15, 0.2) is 0 Å². The van der Waals surface area contributed by atoms with Crippen LogP contribution >= 0.6 is 0 Å². The minimum absolute atomic E-state index is 0.294. The zero-order chi connectivity index (χ0) is 18.6. The second-order valence-corrected chi connectivity index (χ2v) is 6.36. The topological polar surface area (TPSA) is 104 Å². The molecule has 0 aliphatic carbocycles. The Bertz CT molecular complexity index is 900. The standard InChI is InChI=1S/C19H19N5O3/c25-16-12-24(19-22-17(23-27-19)13-6-2-1-3-7-13)11-9-14(16)21-18(26)15-8-4-5-10-20-15/h1-8,10,14,16,25H,9,11-12H2,(H,21,26)/t14-,16-/m1/s1. The first-order chi connectivity index (χ1) is 13.2. The number of carbonyl (C=O) groups is 1. The van der Waals surface area contributed by atoms with Crippen LogP contribution in [0.4, 0.5) is 6.01 Å². The van der Waals surface area contributed by atoms with Gasteiger partial charge in [-0.2, -0.15) is 4.98 Å². The van der Waals surface area contributed by atoms with Crippen LogP contribution in [-0.2, 0) is 0 Å². The molecule has 27 heavy (non-hydrogen) atoms. The lowest BCUT2D eigenvalue weighted by molar-refractivity contribution is 0.0788. The first-order valence-corrected chi connectivity index (χ1v) is 8.75. The Labute approximate surface area is 155 Å². The molecule has 4 rings (SSSR count). The molecule has 1 aliphatic rings. The Hall–Kier alpha value is -3.26. The van der Waals surface area contributed by atoms with Crippen LogP contribution in [0.3, 0.4) is 0 Å². The Morgan fingerprint density at radius 2 is 2.00 bits per heavy atom. The number of pyridine rings is 1. The third kappa shape index (κ3) is 3.80. The Morgan fingerprint density at radius 1 is 1.19 bits per heavy atom. The van der Waals surface area contributed by atoms with E-state index < -0.39 is 6.10 Å². The maximum absolute atomic E-state index is 12.2. The van der Waals surface area contributed by atoms with E-state index in [0.717, 1.165) is 5.56 Å². The van der Waals surface area contributed by atoms with Gasteiger partial charge in [0.1, 0.15) is 5.69 Å². The average molecular weight is 365 g/mol. The molecule has 1 fully saturated rings. The molecule has 0 radical (unpaired) electrons. The SMILES string of the molecule is O=C(N[C@@H]1CCN(c2nc(-c3ccccc3)no2)C[C@H]1O)c1ccccn1. The number of nitrogens with zero attached hydrogens (tertiary/aromatic N) is 4. The third-order valence-electron chi connectivity index (χ3n) is 4.51. The van der Waals surface area contributed by atoms with Crippen molar-refractivity contribution in [2.45, 2.75) is 18.6 Å². The highest BCUT2D eigenvalue weighted by molar-refractivity contribution is 5.92. The monoisotopic (exact) mass is 365 g/mol. The summed E-state index contributed by atoms with van der Waals surface area (Å²) in [6.07, 6.45) is 1.37. The highest BCUT2D eigenvalue weighted by atomic mass is 16.5. The van der Waals surface area contributed by atoms with Gasteiger partial charge in [-0.05, 0) is 18.6 Å². The molecule has 2 atom stereocenters. The van der Waals surface area contributed by atoms with Crippen molar-refractivity contribution in [1.29, 1.82) is 0 Å². The van der Waals surface area contributed by atoms with Gasteiger partial charge in [-0.25, -0.2) is 0 Å². The summed E-state index contributed by atoms with van der Waals surface area (Å²) in [5, 5.41) is 17.3. The molecule has 3 heterocycles. The molecule has 1 aromatic carbocycles. The summed E-state index contributed by atoms with van der Waals surface area (Å²) < 4.78 is 5.35. The molecule has 1 amide bonds. The van der Waals surface area contributed by atoms with E-state index in [9.17, 15) is 9.90 Å².